The SMILES string of the molecule is CCCCOC(=O)c1cc(C(Cc2ncc(-c3ccc([N+](=O)[O-])cc3)[nH]2)NC(=O)CCc2ccc(OC)cc2)ccc1OCCCC. The fraction of sp³-hybridized carbons (Fsp3) is 0.361. The molecule has 0 bridgehead atoms. The number of carbonyl (C=O) groups is 2. The lowest BCUT2D eigenvalue weighted by atomic mass is 9.99. The van der Waals surface area contributed by atoms with Gasteiger partial charge in [0.25, 0.3) is 5.69 Å². The molecular formula is C36H42N4O7. The summed E-state index contributed by atoms with van der Waals surface area (Å²) in [6, 6.07) is 18.6. The first-order valence-electron chi connectivity index (χ1n) is 16.0. The number of benzene rings is 3. The van der Waals surface area contributed by atoms with E-state index in [-0.39, 0.29) is 18.0 Å². The first-order chi connectivity index (χ1) is 22.8. The highest BCUT2D eigenvalue weighted by Gasteiger charge is 2.22. The molecule has 1 amide bonds. The smallest absolute Gasteiger partial charge is 0.341 e. The van der Waals surface area contributed by atoms with Crippen molar-refractivity contribution in [2.45, 2.75) is 64.8 Å². The molecule has 11 nitrogen and oxygen atoms in total. The zero-order valence-electron chi connectivity index (χ0n) is 27.1. The Bertz CT molecular complexity index is 1620. The second-order valence-electron chi connectivity index (χ2n) is 11.2. The van der Waals surface area contributed by atoms with Gasteiger partial charge in [-0.2, -0.15) is 0 Å². The maximum Gasteiger partial charge on any atom is 0.341 e. The van der Waals surface area contributed by atoms with Crippen molar-refractivity contribution in [1.82, 2.24) is 15.3 Å². The van der Waals surface area contributed by atoms with Crippen LogP contribution in [0.25, 0.3) is 11.3 Å². The fourth-order valence-corrected chi connectivity index (χ4v) is 4.90. The maximum absolute atomic E-state index is 13.3. The van der Waals surface area contributed by atoms with Crippen LogP contribution in [0.2, 0.25) is 0 Å². The van der Waals surface area contributed by atoms with Crippen LogP contribution in [-0.2, 0) is 22.4 Å². The summed E-state index contributed by atoms with van der Waals surface area (Å²) in [6.07, 6.45) is 6.16. The number of aryl methyl sites for hydroxylation is 1. The van der Waals surface area contributed by atoms with Crippen LogP contribution in [0.3, 0.4) is 0 Å². The molecule has 0 aliphatic rings. The minimum Gasteiger partial charge on any atom is -0.497 e. The average molecular weight is 643 g/mol. The van der Waals surface area contributed by atoms with Gasteiger partial charge in [-0.25, -0.2) is 9.78 Å². The highest BCUT2D eigenvalue weighted by molar-refractivity contribution is 5.93. The summed E-state index contributed by atoms with van der Waals surface area (Å²) in [6.45, 7) is 4.86. The molecule has 11 heteroatoms. The largest absolute Gasteiger partial charge is 0.497 e. The Hall–Kier alpha value is -5.19. The van der Waals surface area contributed by atoms with Crippen molar-refractivity contribution in [3.63, 3.8) is 0 Å². The number of carbonyl (C=O) groups excluding carboxylic acids is 2. The summed E-state index contributed by atoms with van der Waals surface area (Å²) in [5.41, 5.74) is 3.41. The number of nitro benzene ring substituents is 1. The van der Waals surface area contributed by atoms with E-state index in [1.165, 1.54) is 12.1 Å². The number of aromatic amines is 1. The van der Waals surface area contributed by atoms with Gasteiger partial charge in [-0.3, -0.25) is 14.9 Å². The van der Waals surface area contributed by atoms with Crippen LogP contribution in [0, 0.1) is 10.1 Å². The van der Waals surface area contributed by atoms with Crippen molar-refractivity contribution >= 4 is 17.6 Å². The predicted octanol–water partition coefficient (Wildman–Crippen LogP) is 7.16. The predicted molar refractivity (Wildman–Crippen MR) is 179 cm³/mol. The Kier molecular flexibility index (Phi) is 12.9. The van der Waals surface area contributed by atoms with E-state index in [9.17, 15) is 19.7 Å². The van der Waals surface area contributed by atoms with E-state index in [0.717, 1.165) is 42.6 Å². The van der Waals surface area contributed by atoms with E-state index in [2.05, 4.69) is 22.2 Å². The quantitative estimate of drug-likeness (QED) is 0.0503. The fourth-order valence-electron chi connectivity index (χ4n) is 4.90. The first kappa shape index (κ1) is 34.7. The highest BCUT2D eigenvalue weighted by Crippen LogP contribution is 2.28. The normalized spacial score (nSPS) is 11.5. The number of rotatable bonds is 18. The summed E-state index contributed by atoms with van der Waals surface area (Å²) >= 11 is 0. The molecule has 0 saturated carbocycles. The van der Waals surface area contributed by atoms with Crippen LogP contribution in [-0.4, -0.2) is 47.1 Å². The number of nitro groups is 1. The third-order valence-corrected chi connectivity index (χ3v) is 7.66. The van der Waals surface area contributed by atoms with Gasteiger partial charge in [-0.15, -0.1) is 0 Å². The molecule has 3 aromatic carbocycles. The van der Waals surface area contributed by atoms with Crippen LogP contribution in [0.15, 0.2) is 72.9 Å². The van der Waals surface area contributed by atoms with E-state index >= 15 is 0 Å². The molecule has 1 aromatic heterocycles. The zero-order valence-corrected chi connectivity index (χ0v) is 27.1. The van der Waals surface area contributed by atoms with Gasteiger partial charge in [0.2, 0.25) is 5.91 Å². The molecule has 47 heavy (non-hydrogen) atoms. The van der Waals surface area contributed by atoms with Crippen molar-refractivity contribution in [2.24, 2.45) is 0 Å². The molecule has 248 valence electrons. The Morgan fingerprint density at radius 3 is 2.38 bits per heavy atom. The molecule has 2 N–H and O–H groups in total. The maximum atomic E-state index is 13.3. The van der Waals surface area contributed by atoms with Gasteiger partial charge < -0.3 is 24.5 Å². The molecule has 1 atom stereocenters. The number of hydrogen-bond donors (Lipinski definition) is 2. The van der Waals surface area contributed by atoms with Crippen molar-refractivity contribution in [3.8, 4) is 22.8 Å². The Morgan fingerprint density at radius 2 is 1.70 bits per heavy atom. The topological polar surface area (TPSA) is 146 Å². The Balaban J connectivity index is 1.60. The molecule has 0 aliphatic heterocycles. The highest BCUT2D eigenvalue weighted by atomic mass is 16.6. The third kappa shape index (κ3) is 10.2. The number of esters is 1. The molecule has 0 spiro atoms. The monoisotopic (exact) mass is 642 g/mol. The molecule has 1 unspecified atom stereocenters. The molecule has 0 radical (unpaired) electrons. The second kappa shape index (κ2) is 17.5. The molecule has 0 saturated heterocycles. The zero-order chi connectivity index (χ0) is 33.6. The van der Waals surface area contributed by atoms with E-state index in [1.54, 1.807) is 37.6 Å². The van der Waals surface area contributed by atoms with Gasteiger partial charge in [-0.05, 0) is 66.8 Å². The molecule has 1 heterocycles. The van der Waals surface area contributed by atoms with E-state index in [1.807, 2.05) is 37.3 Å². The summed E-state index contributed by atoms with van der Waals surface area (Å²) in [5.74, 6) is 1.13. The van der Waals surface area contributed by atoms with E-state index in [4.69, 9.17) is 14.2 Å². The number of H-pyrrole nitrogens is 1. The number of imidazole rings is 1. The number of nitrogens with zero attached hydrogens (tertiary/aromatic N) is 2. The van der Waals surface area contributed by atoms with Crippen LogP contribution < -0.4 is 14.8 Å². The number of amides is 1. The number of aromatic nitrogens is 2. The number of nitrogens with one attached hydrogen (secondary N) is 2. The van der Waals surface area contributed by atoms with Gasteiger partial charge in [-0.1, -0.05) is 44.9 Å². The van der Waals surface area contributed by atoms with Crippen LogP contribution in [0.1, 0.15) is 79.3 Å². The average Bonchev–Trinajstić information content (AvgIpc) is 3.56. The van der Waals surface area contributed by atoms with Crippen LogP contribution >= 0.6 is 0 Å². The van der Waals surface area contributed by atoms with Gasteiger partial charge in [0.05, 0.1) is 43.2 Å². The Labute approximate surface area is 274 Å². The summed E-state index contributed by atoms with van der Waals surface area (Å²) in [7, 11) is 1.61. The van der Waals surface area contributed by atoms with E-state index < -0.39 is 16.9 Å². The lowest BCUT2D eigenvalue weighted by molar-refractivity contribution is -0.384. The van der Waals surface area contributed by atoms with E-state index in [0.29, 0.717) is 54.5 Å². The number of unbranched alkanes of at least 4 members (excludes halogenated alkanes) is 2. The van der Waals surface area contributed by atoms with Crippen molar-refractivity contribution in [2.75, 3.05) is 20.3 Å². The summed E-state index contributed by atoms with van der Waals surface area (Å²) in [5, 5.41) is 14.2. The summed E-state index contributed by atoms with van der Waals surface area (Å²) in [4.78, 5) is 45.0. The number of hydrogen-bond acceptors (Lipinski definition) is 8. The lowest BCUT2D eigenvalue weighted by Crippen LogP contribution is -2.30. The van der Waals surface area contributed by atoms with Gasteiger partial charge in [0.1, 0.15) is 22.9 Å². The minimum absolute atomic E-state index is 0.00273. The van der Waals surface area contributed by atoms with Crippen molar-refractivity contribution in [3.05, 3.63) is 106 Å². The van der Waals surface area contributed by atoms with Crippen LogP contribution in [0.4, 0.5) is 5.69 Å². The van der Waals surface area contributed by atoms with Gasteiger partial charge in [0, 0.05) is 30.5 Å². The first-order valence-corrected chi connectivity index (χ1v) is 16.0. The van der Waals surface area contributed by atoms with Gasteiger partial charge >= 0.3 is 5.97 Å². The number of ether oxygens (including phenoxy) is 3. The molecule has 4 rings (SSSR count). The molecular weight excluding hydrogens is 600 g/mol. The minimum atomic E-state index is -0.541. The van der Waals surface area contributed by atoms with Crippen LogP contribution in [0.5, 0.6) is 11.5 Å². The second-order valence-corrected chi connectivity index (χ2v) is 11.2. The molecule has 0 fully saturated rings. The number of methoxy groups -OCH3 is 1. The van der Waals surface area contributed by atoms with Crippen molar-refractivity contribution in [1.29, 1.82) is 0 Å². The summed E-state index contributed by atoms with van der Waals surface area (Å²) < 4.78 is 16.7. The molecule has 0 aliphatic carbocycles. The van der Waals surface area contributed by atoms with Gasteiger partial charge in [0.15, 0.2) is 0 Å². The third-order valence-electron chi connectivity index (χ3n) is 7.66. The molecule has 4 aromatic rings. The lowest BCUT2D eigenvalue weighted by Gasteiger charge is -2.20. The van der Waals surface area contributed by atoms with Crippen molar-refractivity contribution < 1.29 is 28.7 Å². The Morgan fingerprint density at radius 1 is 0.979 bits per heavy atom. The number of non-ortho nitro benzene ring substituents is 1. The standard InChI is InChI=1S/C36H42N4O7/c1-4-6-20-46-33-18-13-27(22-30(33)36(42)47-21-7-5-2)31(39-35(41)19-10-25-8-16-29(45-3)17-9-25)23-34-37-24-32(38-34)26-11-14-28(15-12-26)40(43)44/h8-9,11-18,22,24,31H,4-7,10,19-21,23H2,1-3H3,(H,37,38)(H,39,41).